The first-order valence-corrected chi connectivity index (χ1v) is 11.3. The van der Waals surface area contributed by atoms with Crippen LogP contribution >= 0.6 is 22.6 Å². The predicted octanol–water partition coefficient (Wildman–Crippen LogP) is 2.03. The quantitative estimate of drug-likeness (QED) is 0.268. The average molecular weight is 575 g/mol. The number of aromatic amines is 1. The summed E-state index contributed by atoms with van der Waals surface area (Å²) in [7, 11) is 0. The van der Waals surface area contributed by atoms with E-state index in [-0.39, 0.29) is 23.4 Å². The van der Waals surface area contributed by atoms with Crippen molar-refractivity contribution in [3.8, 4) is 5.75 Å². The molecule has 0 aliphatic carbocycles. The number of nitro benzene ring substituents is 1. The standard InChI is InChI=1S/C21H26IN3O8/c1-20(2,3)17(12-6-5-11(22)7-13(12)25(30)31)32-15-9-24(19(29)23-18(15)28)21(4)8-14(27)16(10-26)33-21/h5-7,9,14,16-17,26-27H,8,10H2,1-4H3,(H,23,28,29)/t14-,16+,17-,21+/m0/s1. The van der Waals surface area contributed by atoms with Crippen LogP contribution in [0.15, 0.2) is 34.0 Å². The van der Waals surface area contributed by atoms with E-state index in [9.17, 15) is 29.9 Å². The maximum absolute atomic E-state index is 12.6. The highest BCUT2D eigenvalue weighted by Crippen LogP contribution is 2.41. The van der Waals surface area contributed by atoms with Gasteiger partial charge in [-0.05, 0) is 41.6 Å². The molecule has 2 aromatic rings. The molecule has 0 unspecified atom stereocenters. The number of ether oxygens (including phenoxy) is 2. The molecule has 1 fully saturated rings. The number of nitrogens with one attached hydrogen (secondary N) is 1. The first-order chi connectivity index (χ1) is 15.3. The van der Waals surface area contributed by atoms with Gasteiger partial charge in [-0.3, -0.25) is 24.5 Å². The Bertz CT molecular complexity index is 1170. The lowest BCUT2D eigenvalue weighted by atomic mass is 9.84. The minimum absolute atomic E-state index is 0.00505. The van der Waals surface area contributed by atoms with Gasteiger partial charge in [-0.1, -0.05) is 20.8 Å². The van der Waals surface area contributed by atoms with Crippen molar-refractivity contribution in [2.75, 3.05) is 6.61 Å². The molecule has 2 heterocycles. The molecule has 1 aromatic carbocycles. The van der Waals surface area contributed by atoms with Gasteiger partial charge in [0.1, 0.15) is 17.9 Å². The average Bonchev–Trinajstić information content (AvgIpc) is 3.01. The van der Waals surface area contributed by atoms with Crippen molar-refractivity contribution >= 4 is 28.3 Å². The van der Waals surface area contributed by atoms with E-state index in [2.05, 4.69) is 4.98 Å². The van der Waals surface area contributed by atoms with E-state index in [4.69, 9.17) is 9.47 Å². The van der Waals surface area contributed by atoms with Crippen LogP contribution in [0.2, 0.25) is 0 Å². The Kier molecular flexibility index (Phi) is 7.03. The van der Waals surface area contributed by atoms with Crippen LogP contribution in [0.5, 0.6) is 5.75 Å². The van der Waals surface area contributed by atoms with Gasteiger partial charge in [-0.25, -0.2) is 4.79 Å². The van der Waals surface area contributed by atoms with Gasteiger partial charge in [0, 0.05) is 21.5 Å². The molecule has 3 rings (SSSR count). The molecule has 0 spiro atoms. The third kappa shape index (κ3) is 5.13. The van der Waals surface area contributed by atoms with Gasteiger partial charge in [-0.2, -0.15) is 0 Å². The first kappa shape index (κ1) is 25.3. The molecule has 11 nitrogen and oxygen atoms in total. The number of H-pyrrole nitrogens is 1. The van der Waals surface area contributed by atoms with Crippen molar-refractivity contribution in [1.29, 1.82) is 0 Å². The van der Waals surface area contributed by atoms with Crippen LogP contribution in [0.1, 0.15) is 45.8 Å². The van der Waals surface area contributed by atoms with Crippen molar-refractivity contribution in [2.45, 2.75) is 58.2 Å². The summed E-state index contributed by atoms with van der Waals surface area (Å²) in [6.07, 6.45) is -1.65. The smallest absolute Gasteiger partial charge is 0.330 e. The van der Waals surface area contributed by atoms with Crippen molar-refractivity contribution in [2.24, 2.45) is 5.41 Å². The second-order valence-electron chi connectivity index (χ2n) is 9.23. The van der Waals surface area contributed by atoms with Gasteiger partial charge < -0.3 is 19.7 Å². The van der Waals surface area contributed by atoms with Gasteiger partial charge in [0.25, 0.3) is 11.2 Å². The third-order valence-electron chi connectivity index (χ3n) is 5.52. The molecule has 33 heavy (non-hydrogen) atoms. The number of rotatable bonds is 6. The lowest BCUT2D eigenvalue weighted by Crippen LogP contribution is -2.43. The molecule has 1 saturated heterocycles. The number of aliphatic hydroxyl groups is 2. The zero-order chi connectivity index (χ0) is 24.7. The number of aliphatic hydroxyl groups excluding tert-OH is 2. The Balaban J connectivity index is 2.10. The monoisotopic (exact) mass is 575 g/mol. The lowest BCUT2D eigenvalue weighted by Gasteiger charge is -2.32. The minimum Gasteiger partial charge on any atom is -0.478 e. The van der Waals surface area contributed by atoms with E-state index in [1.807, 2.05) is 43.4 Å². The number of nitrogens with zero attached hydrogens (tertiary/aromatic N) is 2. The van der Waals surface area contributed by atoms with Crippen molar-refractivity contribution in [3.63, 3.8) is 0 Å². The van der Waals surface area contributed by atoms with Gasteiger partial charge in [0.2, 0.25) is 5.75 Å². The van der Waals surface area contributed by atoms with E-state index in [1.165, 1.54) is 12.3 Å². The van der Waals surface area contributed by atoms with Crippen LogP contribution in [0.25, 0.3) is 0 Å². The van der Waals surface area contributed by atoms with Gasteiger partial charge >= 0.3 is 5.69 Å². The van der Waals surface area contributed by atoms with E-state index in [0.29, 0.717) is 3.57 Å². The topological polar surface area (TPSA) is 157 Å². The SMILES string of the molecule is CC(C)(C)[C@@H](Oc1cn([C@@]2(C)C[C@H](O)[C@@H](CO)O2)c(=O)[nH]c1=O)c1ccc(I)cc1[N+](=O)[O-]. The number of hydrogen-bond donors (Lipinski definition) is 3. The van der Waals surface area contributed by atoms with Gasteiger partial charge in [-0.15, -0.1) is 0 Å². The molecular weight excluding hydrogens is 549 g/mol. The molecule has 12 heteroatoms. The van der Waals surface area contributed by atoms with Crippen LogP contribution in [0.3, 0.4) is 0 Å². The maximum atomic E-state index is 12.6. The highest BCUT2D eigenvalue weighted by Gasteiger charge is 2.45. The summed E-state index contributed by atoms with van der Waals surface area (Å²) >= 11 is 1.98. The van der Waals surface area contributed by atoms with Gasteiger partial charge in [0.15, 0.2) is 0 Å². The molecule has 1 aliphatic heterocycles. The first-order valence-electron chi connectivity index (χ1n) is 10.2. The molecule has 1 aliphatic rings. The van der Waals surface area contributed by atoms with Crippen LogP contribution < -0.4 is 16.0 Å². The summed E-state index contributed by atoms with van der Waals surface area (Å²) in [6.45, 7) is 6.54. The normalized spacial score (nSPS) is 24.0. The summed E-state index contributed by atoms with van der Waals surface area (Å²) in [5.41, 5.74) is -3.47. The zero-order valence-corrected chi connectivity index (χ0v) is 20.7. The molecule has 1 aromatic heterocycles. The second-order valence-corrected chi connectivity index (χ2v) is 10.5. The Hall–Kier alpha value is -2.29. The third-order valence-corrected chi connectivity index (χ3v) is 6.20. The Morgan fingerprint density at radius 3 is 2.64 bits per heavy atom. The number of halogens is 1. The molecule has 0 radical (unpaired) electrons. The van der Waals surface area contributed by atoms with Crippen LogP contribution in [-0.4, -0.2) is 43.5 Å². The fourth-order valence-corrected chi connectivity index (χ4v) is 4.38. The van der Waals surface area contributed by atoms with Crippen LogP contribution in [0.4, 0.5) is 5.69 Å². The fourth-order valence-electron chi connectivity index (χ4n) is 3.91. The largest absolute Gasteiger partial charge is 0.478 e. The Morgan fingerprint density at radius 1 is 1.42 bits per heavy atom. The number of benzene rings is 1. The van der Waals surface area contributed by atoms with E-state index in [1.54, 1.807) is 19.1 Å². The number of nitro groups is 1. The maximum Gasteiger partial charge on any atom is 0.330 e. The van der Waals surface area contributed by atoms with Crippen molar-refractivity contribution in [3.05, 3.63) is 64.5 Å². The second kappa shape index (κ2) is 9.16. The Labute approximate surface area is 202 Å². The zero-order valence-electron chi connectivity index (χ0n) is 18.6. The molecule has 0 saturated carbocycles. The molecule has 4 atom stereocenters. The Morgan fingerprint density at radius 2 is 2.09 bits per heavy atom. The highest BCUT2D eigenvalue weighted by atomic mass is 127. The summed E-state index contributed by atoms with van der Waals surface area (Å²) < 4.78 is 13.5. The summed E-state index contributed by atoms with van der Waals surface area (Å²) in [6, 6.07) is 4.72. The summed E-state index contributed by atoms with van der Waals surface area (Å²) in [4.78, 5) is 38.5. The molecule has 180 valence electrons. The van der Waals surface area contributed by atoms with Crippen LogP contribution in [-0.2, 0) is 10.5 Å². The fraction of sp³-hybridized carbons (Fsp3) is 0.524. The highest BCUT2D eigenvalue weighted by molar-refractivity contribution is 14.1. The number of hydrogen-bond acceptors (Lipinski definition) is 8. The molecular formula is C21H26IN3O8. The molecule has 0 bridgehead atoms. The summed E-state index contributed by atoms with van der Waals surface area (Å²) in [5.74, 6) is -0.242. The predicted molar refractivity (Wildman–Crippen MR) is 126 cm³/mol. The number of aromatic nitrogens is 2. The van der Waals surface area contributed by atoms with Crippen molar-refractivity contribution < 1.29 is 24.6 Å². The lowest BCUT2D eigenvalue weighted by molar-refractivity contribution is -0.386. The van der Waals surface area contributed by atoms with Crippen LogP contribution in [0, 0.1) is 19.1 Å². The summed E-state index contributed by atoms with van der Waals surface area (Å²) in [5, 5.41) is 31.2. The van der Waals surface area contributed by atoms with Crippen molar-refractivity contribution in [1.82, 2.24) is 9.55 Å². The van der Waals surface area contributed by atoms with Gasteiger partial charge in [0.05, 0.1) is 29.4 Å². The van der Waals surface area contributed by atoms with E-state index < -0.39 is 52.2 Å². The molecule has 0 amide bonds. The van der Waals surface area contributed by atoms with E-state index >= 15 is 0 Å². The minimum atomic E-state index is -1.35. The molecule has 3 N–H and O–H groups in total. The van der Waals surface area contributed by atoms with E-state index in [0.717, 1.165) is 4.57 Å².